The first-order valence-electron chi connectivity index (χ1n) is 6.75. The number of hydrogen-bond donors (Lipinski definition) is 0. The number of halogens is 1. The maximum Gasteiger partial charge on any atom is 0.176 e. The predicted molar refractivity (Wildman–Crippen MR) is 90.3 cm³/mol. The van der Waals surface area contributed by atoms with Gasteiger partial charge in [0, 0.05) is 14.9 Å². The van der Waals surface area contributed by atoms with Crippen LogP contribution in [0.4, 0.5) is 0 Å². The Morgan fingerprint density at radius 2 is 1.71 bits per heavy atom. The lowest BCUT2D eigenvalue weighted by molar-refractivity contribution is 0.102. The van der Waals surface area contributed by atoms with Crippen molar-refractivity contribution < 1.29 is 9.00 Å². The second kappa shape index (κ2) is 7.14. The monoisotopic (exact) mass is 364 g/mol. The number of benzene rings is 2. The molecule has 0 bridgehead atoms. The molecule has 0 saturated carbocycles. The molecular formula is C17H17BrO2S. The van der Waals surface area contributed by atoms with Crippen molar-refractivity contribution in [1.29, 1.82) is 0 Å². The maximum atomic E-state index is 12.3. The standard InChI is InChI=1S/C17H17BrO2S/c1-12(2)13-7-9-14(10-8-13)21(20)11-17(19)15-5-3-4-6-16(15)18/h3-10,12H,11H2,1-2H3. The molecule has 2 nitrogen and oxygen atoms in total. The minimum Gasteiger partial charge on any atom is -0.293 e. The van der Waals surface area contributed by atoms with Crippen LogP contribution in [0.3, 0.4) is 0 Å². The van der Waals surface area contributed by atoms with Crippen molar-refractivity contribution in [2.75, 3.05) is 5.75 Å². The minimum atomic E-state index is -1.31. The Kier molecular flexibility index (Phi) is 5.48. The molecule has 0 N–H and O–H groups in total. The molecule has 2 rings (SSSR count). The summed E-state index contributed by atoms with van der Waals surface area (Å²) in [4.78, 5) is 12.9. The molecule has 0 saturated heterocycles. The second-order valence-corrected chi connectivity index (χ2v) is 7.42. The first-order valence-corrected chi connectivity index (χ1v) is 8.86. The number of rotatable bonds is 5. The highest BCUT2D eigenvalue weighted by Crippen LogP contribution is 2.19. The van der Waals surface area contributed by atoms with E-state index in [0.29, 0.717) is 16.4 Å². The van der Waals surface area contributed by atoms with E-state index in [1.165, 1.54) is 5.56 Å². The molecule has 0 aromatic heterocycles. The number of Topliss-reactive ketones (excluding diaryl/α,β-unsaturated/α-hetero) is 1. The molecule has 0 aliphatic heterocycles. The van der Waals surface area contributed by atoms with E-state index in [4.69, 9.17) is 0 Å². The van der Waals surface area contributed by atoms with E-state index in [0.717, 1.165) is 4.47 Å². The molecule has 0 amide bonds. The highest BCUT2D eigenvalue weighted by Gasteiger charge is 2.14. The Hall–Kier alpha value is -1.26. The van der Waals surface area contributed by atoms with Crippen molar-refractivity contribution >= 4 is 32.5 Å². The number of carbonyl (C=O) groups is 1. The molecule has 1 atom stereocenters. The van der Waals surface area contributed by atoms with E-state index in [9.17, 15) is 9.00 Å². The molecule has 2 aromatic rings. The SMILES string of the molecule is CC(C)c1ccc(S(=O)CC(=O)c2ccccc2Br)cc1. The van der Waals surface area contributed by atoms with Gasteiger partial charge in [0.25, 0.3) is 0 Å². The largest absolute Gasteiger partial charge is 0.293 e. The van der Waals surface area contributed by atoms with Crippen molar-refractivity contribution in [3.63, 3.8) is 0 Å². The van der Waals surface area contributed by atoms with Gasteiger partial charge in [0.1, 0.15) is 0 Å². The molecule has 0 fully saturated rings. The molecule has 110 valence electrons. The lowest BCUT2D eigenvalue weighted by Crippen LogP contribution is -2.11. The molecule has 0 heterocycles. The number of carbonyl (C=O) groups excluding carboxylic acids is 1. The van der Waals surface area contributed by atoms with E-state index in [-0.39, 0.29) is 11.5 Å². The average Bonchev–Trinajstić information content (AvgIpc) is 2.47. The zero-order valence-electron chi connectivity index (χ0n) is 12.0. The topological polar surface area (TPSA) is 34.1 Å². The third-order valence-electron chi connectivity index (χ3n) is 3.25. The third-order valence-corrected chi connectivity index (χ3v) is 5.26. The van der Waals surface area contributed by atoms with E-state index >= 15 is 0 Å². The van der Waals surface area contributed by atoms with Crippen molar-refractivity contribution in [3.05, 3.63) is 64.1 Å². The fraction of sp³-hybridized carbons (Fsp3) is 0.235. The maximum absolute atomic E-state index is 12.3. The van der Waals surface area contributed by atoms with Gasteiger partial charge in [-0.2, -0.15) is 0 Å². The summed E-state index contributed by atoms with van der Waals surface area (Å²) in [5.74, 6) is 0.326. The van der Waals surface area contributed by atoms with Crippen LogP contribution in [-0.4, -0.2) is 15.7 Å². The van der Waals surface area contributed by atoms with Crippen LogP contribution in [0.25, 0.3) is 0 Å². The van der Waals surface area contributed by atoms with E-state index in [1.54, 1.807) is 12.1 Å². The molecule has 0 spiro atoms. The van der Waals surface area contributed by atoms with Gasteiger partial charge < -0.3 is 0 Å². The fourth-order valence-corrected chi connectivity index (χ4v) is 3.48. The summed E-state index contributed by atoms with van der Waals surface area (Å²) in [7, 11) is -1.31. The Labute approximate surface area is 136 Å². The number of ketones is 1. The highest BCUT2D eigenvalue weighted by molar-refractivity contribution is 9.10. The van der Waals surface area contributed by atoms with Crippen LogP contribution in [0.15, 0.2) is 57.9 Å². The molecule has 2 aromatic carbocycles. The molecule has 4 heteroatoms. The molecule has 21 heavy (non-hydrogen) atoms. The Bertz CT molecular complexity index is 663. The van der Waals surface area contributed by atoms with Gasteiger partial charge in [-0.25, -0.2) is 0 Å². The Morgan fingerprint density at radius 3 is 2.29 bits per heavy atom. The van der Waals surface area contributed by atoms with Crippen LogP contribution in [-0.2, 0) is 10.8 Å². The lowest BCUT2D eigenvalue weighted by atomic mass is 10.0. The zero-order chi connectivity index (χ0) is 15.4. The van der Waals surface area contributed by atoms with Crippen LogP contribution in [0, 0.1) is 0 Å². The first kappa shape index (κ1) is 16.1. The van der Waals surface area contributed by atoms with E-state index in [2.05, 4.69) is 29.8 Å². The van der Waals surface area contributed by atoms with Crippen LogP contribution in [0.5, 0.6) is 0 Å². The Morgan fingerprint density at radius 1 is 1.10 bits per heavy atom. The smallest absolute Gasteiger partial charge is 0.176 e. The van der Waals surface area contributed by atoms with Gasteiger partial charge in [-0.3, -0.25) is 9.00 Å². The average molecular weight is 365 g/mol. The normalized spacial score (nSPS) is 12.4. The van der Waals surface area contributed by atoms with Crippen LogP contribution < -0.4 is 0 Å². The van der Waals surface area contributed by atoms with E-state index < -0.39 is 10.8 Å². The summed E-state index contributed by atoms with van der Waals surface area (Å²) in [5, 5.41) is 0. The molecule has 0 radical (unpaired) electrons. The Balaban J connectivity index is 2.11. The van der Waals surface area contributed by atoms with Gasteiger partial charge in [-0.15, -0.1) is 0 Å². The molecule has 0 aliphatic rings. The quantitative estimate of drug-likeness (QED) is 0.728. The summed E-state index contributed by atoms with van der Waals surface area (Å²) < 4.78 is 13.0. The molecule has 1 unspecified atom stereocenters. The minimum absolute atomic E-state index is 0.00361. The van der Waals surface area contributed by atoms with Crippen LogP contribution >= 0.6 is 15.9 Å². The predicted octanol–water partition coefficient (Wildman–Crippen LogP) is 4.56. The third kappa shape index (κ3) is 4.11. The van der Waals surface area contributed by atoms with Gasteiger partial charge in [0.15, 0.2) is 5.78 Å². The highest BCUT2D eigenvalue weighted by atomic mass is 79.9. The summed E-state index contributed by atoms with van der Waals surface area (Å²) in [6, 6.07) is 14.8. The van der Waals surface area contributed by atoms with Crippen LogP contribution in [0.2, 0.25) is 0 Å². The summed E-state index contributed by atoms with van der Waals surface area (Å²) in [5.41, 5.74) is 1.78. The summed E-state index contributed by atoms with van der Waals surface area (Å²) >= 11 is 3.35. The zero-order valence-corrected chi connectivity index (χ0v) is 14.4. The van der Waals surface area contributed by atoms with Gasteiger partial charge in [-0.1, -0.05) is 60.1 Å². The van der Waals surface area contributed by atoms with Crippen molar-refractivity contribution in [3.8, 4) is 0 Å². The second-order valence-electron chi connectivity index (χ2n) is 5.12. The number of hydrogen-bond acceptors (Lipinski definition) is 2. The summed E-state index contributed by atoms with van der Waals surface area (Å²) in [6.45, 7) is 4.23. The van der Waals surface area contributed by atoms with Crippen molar-refractivity contribution in [2.45, 2.75) is 24.7 Å². The summed E-state index contributed by atoms with van der Waals surface area (Å²) in [6.07, 6.45) is 0. The molecule has 0 aliphatic carbocycles. The van der Waals surface area contributed by atoms with Gasteiger partial charge in [0.2, 0.25) is 0 Å². The first-order chi connectivity index (χ1) is 9.99. The fourth-order valence-electron chi connectivity index (χ4n) is 1.97. The van der Waals surface area contributed by atoms with E-state index in [1.807, 2.05) is 36.4 Å². The van der Waals surface area contributed by atoms with Gasteiger partial charge >= 0.3 is 0 Å². The van der Waals surface area contributed by atoms with Gasteiger partial charge in [0.05, 0.1) is 16.6 Å². The molecular weight excluding hydrogens is 348 g/mol. The van der Waals surface area contributed by atoms with Gasteiger partial charge in [-0.05, 0) is 29.7 Å². The lowest BCUT2D eigenvalue weighted by Gasteiger charge is -2.07. The van der Waals surface area contributed by atoms with Crippen molar-refractivity contribution in [2.24, 2.45) is 0 Å². The van der Waals surface area contributed by atoms with Crippen LogP contribution in [0.1, 0.15) is 35.7 Å². The van der Waals surface area contributed by atoms with Crippen molar-refractivity contribution in [1.82, 2.24) is 0 Å².